The van der Waals surface area contributed by atoms with Gasteiger partial charge in [-0.1, -0.05) is 59.7 Å². The van der Waals surface area contributed by atoms with Gasteiger partial charge in [-0.2, -0.15) is 0 Å². The summed E-state index contributed by atoms with van der Waals surface area (Å²) in [5.41, 5.74) is 7.38. The smallest absolute Gasteiger partial charge is 0.116 e. The molecule has 0 unspecified atom stereocenters. The first kappa shape index (κ1) is 19.5. The summed E-state index contributed by atoms with van der Waals surface area (Å²) in [6.45, 7) is 13.2. The molecule has 3 nitrogen and oxygen atoms in total. The molecule has 174 valence electrons. The first-order valence-corrected chi connectivity index (χ1v) is 12.6. The molecule has 2 aromatic carbocycles. The number of benzene rings is 2. The highest BCUT2D eigenvalue weighted by Gasteiger charge is 2.22. The molecule has 0 saturated carbocycles. The maximum atomic E-state index is 7.83. The van der Waals surface area contributed by atoms with Crippen molar-refractivity contribution in [2.45, 2.75) is 67.2 Å². The Morgan fingerprint density at radius 3 is 2.41 bits per heavy atom. The minimum Gasteiger partial charge on any atom is -0.253 e. The zero-order valence-electron chi connectivity index (χ0n) is 24.0. The Balaban J connectivity index is 1.76. The van der Waals surface area contributed by atoms with Gasteiger partial charge in [-0.05, 0) is 65.9 Å². The summed E-state index contributed by atoms with van der Waals surface area (Å²) < 4.78 is 25.8. The van der Waals surface area contributed by atoms with Crippen LogP contribution < -0.4 is 0 Å². The van der Waals surface area contributed by atoms with Crippen LogP contribution in [0.15, 0.2) is 42.7 Å². The fourth-order valence-electron chi connectivity index (χ4n) is 4.73. The van der Waals surface area contributed by atoms with Crippen molar-refractivity contribution in [3.8, 4) is 11.3 Å². The third kappa shape index (κ3) is 3.98. The van der Waals surface area contributed by atoms with Crippen LogP contribution >= 0.6 is 11.3 Å². The van der Waals surface area contributed by atoms with Gasteiger partial charge in [-0.3, -0.25) is 4.98 Å². The van der Waals surface area contributed by atoms with Gasteiger partial charge in [0.1, 0.15) is 6.33 Å². The molecule has 34 heavy (non-hydrogen) atoms. The van der Waals surface area contributed by atoms with Crippen molar-refractivity contribution in [3.05, 3.63) is 65.1 Å². The van der Waals surface area contributed by atoms with Gasteiger partial charge in [0.25, 0.3) is 0 Å². The summed E-state index contributed by atoms with van der Waals surface area (Å²) in [4.78, 5) is 14.1. The van der Waals surface area contributed by atoms with Gasteiger partial charge in [-0.15, -0.1) is 11.3 Å². The van der Waals surface area contributed by atoms with Crippen LogP contribution in [0.25, 0.3) is 42.5 Å². The number of hydrogen-bond donors (Lipinski definition) is 0. The van der Waals surface area contributed by atoms with E-state index in [9.17, 15) is 0 Å². The number of aryl methyl sites for hydroxylation is 2. The number of thiophene rings is 1. The second-order valence-corrected chi connectivity index (χ2v) is 12.5. The molecule has 0 N–H and O–H groups in total. The zero-order chi connectivity index (χ0) is 26.9. The Bertz CT molecular complexity index is 1670. The van der Waals surface area contributed by atoms with Crippen LogP contribution in [0.2, 0.25) is 0 Å². The van der Waals surface area contributed by atoms with E-state index in [4.69, 9.17) is 14.1 Å². The van der Waals surface area contributed by atoms with E-state index in [2.05, 4.69) is 77.7 Å². The van der Waals surface area contributed by atoms with Crippen LogP contribution in [0.5, 0.6) is 0 Å². The van der Waals surface area contributed by atoms with Crippen molar-refractivity contribution in [2.75, 3.05) is 0 Å². The van der Waals surface area contributed by atoms with Gasteiger partial charge in [0, 0.05) is 30.8 Å². The molecule has 0 radical (unpaired) electrons. The van der Waals surface area contributed by atoms with Gasteiger partial charge in [0.15, 0.2) is 0 Å². The third-order valence-corrected chi connectivity index (χ3v) is 7.70. The monoisotopic (exact) mass is 470 g/mol. The van der Waals surface area contributed by atoms with E-state index in [-0.39, 0.29) is 16.5 Å². The summed E-state index contributed by atoms with van der Waals surface area (Å²) in [6, 6.07) is 12.1. The molecular weight excluding hydrogens is 434 g/mol. The summed E-state index contributed by atoms with van der Waals surface area (Å²) >= 11 is 1.76. The highest BCUT2D eigenvalue weighted by Crippen LogP contribution is 2.42. The molecule has 3 heterocycles. The van der Waals surface area contributed by atoms with Crippen molar-refractivity contribution in [3.63, 3.8) is 0 Å². The van der Waals surface area contributed by atoms with Crippen LogP contribution in [-0.2, 0) is 11.8 Å². The average molecular weight is 471 g/mol. The molecule has 3 aromatic heterocycles. The molecule has 0 amide bonds. The van der Waals surface area contributed by atoms with Crippen molar-refractivity contribution in [2.24, 2.45) is 5.41 Å². The van der Waals surface area contributed by atoms with E-state index in [1.54, 1.807) is 23.7 Å². The molecule has 5 aromatic rings. The summed E-state index contributed by atoms with van der Waals surface area (Å²) in [6.07, 6.45) is 2.67. The van der Waals surface area contributed by atoms with Gasteiger partial charge < -0.3 is 0 Å². The Morgan fingerprint density at radius 1 is 0.912 bits per heavy atom. The maximum absolute atomic E-state index is 7.83. The van der Waals surface area contributed by atoms with Crippen molar-refractivity contribution < 1.29 is 4.11 Å². The first-order valence-electron chi connectivity index (χ1n) is 13.3. The van der Waals surface area contributed by atoms with E-state index >= 15 is 0 Å². The van der Waals surface area contributed by atoms with E-state index < -0.39 is 6.85 Å². The summed E-state index contributed by atoms with van der Waals surface area (Å²) in [7, 11) is 0. The number of fused-ring (bicyclic) bond motifs is 4. The van der Waals surface area contributed by atoms with Crippen LogP contribution in [0.4, 0.5) is 0 Å². The van der Waals surface area contributed by atoms with Crippen molar-refractivity contribution in [1.29, 1.82) is 0 Å². The van der Waals surface area contributed by atoms with Gasteiger partial charge in [0.05, 0.1) is 21.4 Å². The average Bonchev–Trinajstić information content (AvgIpc) is 3.17. The SMILES string of the molecule is [2H]C([2H])([2H])c1ccc2cc(-c3ncnc4c3sc3c(C)c(CC(C)(C)C)ccc34)cc(C(C)(C)C)c2n1. The molecule has 0 aliphatic carbocycles. The van der Waals surface area contributed by atoms with Crippen LogP contribution in [-0.4, -0.2) is 15.0 Å². The lowest BCUT2D eigenvalue weighted by Crippen LogP contribution is -2.13. The lowest BCUT2D eigenvalue weighted by molar-refractivity contribution is 0.410. The molecule has 0 bridgehead atoms. The predicted molar refractivity (Wildman–Crippen MR) is 147 cm³/mol. The molecular formula is C30H33N3S. The maximum Gasteiger partial charge on any atom is 0.116 e. The normalized spacial score (nSPS) is 14.5. The van der Waals surface area contributed by atoms with Crippen molar-refractivity contribution in [1.82, 2.24) is 15.0 Å². The van der Waals surface area contributed by atoms with E-state index in [1.165, 1.54) is 21.2 Å². The lowest BCUT2D eigenvalue weighted by Gasteiger charge is -2.22. The second kappa shape index (κ2) is 7.84. The molecule has 0 fully saturated rings. The molecule has 0 aliphatic heterocycles. The standard InChI is InChI=1S/C30H33N3S/c1-17-9-10-19-13-21(14-23(24(19)33-17)30(6,7)8)25-28-26(32-16-31-25)22-12-11-20(15-29(3,4)5)18(2)27(22)34-28/h9-14,16H,15H2,1-8H3/i1D3. The highest BCUT2D eigenvalue weighted by molar-refractivity contribution is 7.26. The van der Waals surface area contributed by atoms with Gasteiger partial charge in [-0.25, -0.2) is 9.97 Å². The largest absolute Gasteiger partial charge is 0.253 e. The van der Waals surface area contributed by atoms with Crippen molar-refractivity contribution >= 4 is 42.5 Å². The number of hydrogen-bond acceptors (Lipinski definition) is 4. The molecule has 0 spiro atoms. The number of rotatable bonds is 2. The molecule has 5 rings (SSSR count). The van der Waals surface area contributed by atoms with Crippen LogP contribution in [0.1, 0.15) is 68.0 Å². The zero-order valence-corrected chi connectivity index (χ0v) is 21.8. The van der Waals surface area contributed by atoms with Crippen LogP contribution in [0, 0.1) is 19.2 Å². The molecule has 0 aliphatic rings. The third-order valence-electron chi connectivity index (χ3n) is 6.38. The van der Waals surface area contributed by atoms with Gasteiger partial charge in [0.2, 0.25) is 0 Å². The number of nitrogens with zero attached hydrogens (tertiary/aromatic N) is 3. The number of pyridine rings is 1. The second-order valence-electron chi connectivity index (χ2n) is 11.5. The fourth-order valence-corrected chi connectivity index (χ4v) is 6.02. The Hall–Kier alpha value is -2.85. The first-order chi connectivity index (χ1) is 17.1. The molecule has 0 atom stereocenters. The lowest BCUT2D eigenvalue weighted by atomic mass is 9.84. The van der Waals surface area contributed by atoms with Crippen LogP contribution in [0.3, 0.4) is 0 Å². The fraction of sp³-hybridized carbons (Fsp3) is 0.367. The summed E-state index contributed by atoms with van der Waals surface area (Å²) in [5, 5.41) is 2.08. The molecule has 0 saturated heterocycles. The topological polar surface area (TPSA) is 38.7 Å². The Labute approximate surface area is 210 Å². The van der Waals surface area contributed by atoms with Gasteiger partial charge >= 0.3 is 0 Å². The Morgan fingerprint density at radius 2 is 1.71 bits per heavy atom. The predicted octanol–water partition coefficient (Wildman–Crippen LogP) is 8.56. The summed E-state index contributed by atoms with van der Waals surface area (Å²) in [5.74, 6) is 0. The minimum atomic E-state index is -2.25. The Kier molecular flexibility index (Phi) is 4.49. The number of aromatic nitrogens is 3. The quantitative estimate of drug-likeness (QED) is 0.259. The van der Waals surface area contributed by atoms with E-state index in [1.807, 2.05) is 6.07 Å². The molecule has 4 heteroatoms. The van der Waals surface area contributed by atoms with E-state index in [0.29, 0.717) is 0 Å². The minimum absolute atomic E-state index is 0.119. The van der Waals surface area contributed by atoms with E-state index in [0.717, 1.165) is 44.4 Å². The highest BCUT2D eigenvalue weighted by atomic mass is 32.1.